The molecule has 0 unspecified atom stereocenters. The van der Waals surface area contributed by atoms with E-state index < -0.39 is 13.8 Å². The number of nitrogens with zero attached hydrogens (tertiary/aromatic N) is 2. The summed E-state index contributed by atoms with van der Waals surface area (Å²) in [6, 6.07) is 29.1. The number of hydrogen-bond acceptors (Lipinski definition) is 5. The molecule has 1 fully saturated rings. The molecule has 4 rings (SSSR count). The van der Waals surface area contributed by atoms with Crippen LogP contribution in [-0.4, -0.2) is 24.0 Å². The zero-order valence-corrected chi connectivity index (χ0v) is 18.2. The van der Waals surface area contributed by atoms with E-state index in [9.17, 15) is 9.69 Å². The van der Waals surface area contributed by atoms with Crippen LogP contribution in [0.4, 0.5) is 11.4 Å². The number of anilines is 2. The van der Waals surface area contributed by atoms with E-state index in [1.165, 1.54) is 0 Å². The summed E-state index contributed by atoms with van der Waals surface area (Å²) in [6.45, 7) is 5.65. The first-order valence-corrected chi connectivity index (χ1v) is 11.9. The van der Waals surface area contributed by atoms with Crippen molar-refractivity contribution in [2.24, 2.45) is 0 Å². The minimum absolute atomic E-state index is 0.0379. The van der Waals surface area contributed by atoms with Gasteiger partial charge < -0.3 is 4.74 Å². The summed E-state index contributed by atoms with van der Waals surface area (Å²) in [5, 5.41) is 0.482. The van der Waals surface area contributed by atoms with Crippen LogP contribution in [0.5, 0.6) is 0 Å². The second-order valence-electron chi connectivity index (χ2n) is 7.37. The fourth-order valence-corrected chi connectivity index (χ4v) is 6.71. The highest BCUT2D eigenvalue weighted by molar-refractivity contribution is 7.77. The van der Waals surface area contributed by atoms with E-state index >= 15 is 0 Å². The van der Waals surface area contributed by atoms with Crippen LogP contribution in [0.3, 0.4) is 0 Å². The summed E-state index contributed by atoms with van der Waals surface area (Å²) >= 11 is 0. The predicted octanol–water partition coefficient (Wildman–Crippen LogP) is 5.42. The first-order valence-electron chi connectivity index (χ1n) is 10.2. The molecule has 0 aromatic heterocycles. The maximum atomic E-state index is 12.6. The van der Waals surface area contributed by atoms with Gasteiger partial charge in [-0.1, -0.05) is 73.3 Å². The lowest BCUT2D eigenvalue weighted by Crippen LogP contribution is -2.26. The van der Waals surface area contributed by atoms with Gasteiger partial charge in [0.25, 0.3) is 0 Å². The molecule has 1 saturated heterocycles. The van der Waals surface area contributed by atoms with Gasteiger partial charge in [0.15, 0.2) is 0 Å². The molecule has 0 amide bonds. The van der Waals surface area contributed by atoms with Crippen molar-refractivity contribution in [3.05, 3.63) is 108 Å². The SMILES string of the molecule is C=C(CC(=O)OCc1ccccc1)[P+]1(O)N(c2ccccc2)CCN1c1ccccc1. The lowest BCUT2D eigenvalue weighted by Gasteiger charge is -2.32. The molecular weight excluding hydrogens is 407 g/mol. The third kappa shape index (κ3) is 4.48. The van der Waals surface area contributed by atoms with Gasteiger partial charge in [-0.2, -0.15) is 14.2 Å². The minimum atomic E-state index is -3.05. The predicted molar refractivity (Wildman–Crippen MR) is 127 cm³/mol. The van der Waals surface area contributed by atoms with Crippen molar-refractivity contribution in [3.63, 3.8) is 0 Å². The molecule has 0 bridgehead atoms. The van der Waals surface area contributed by atoms with Gasteiger partial charge in [0.05, 0.1) is 24.5 Å². The summed E-state index contributed by atoms with van der Waals surface area (Å²) in [4.78, 5) is 24.7. The molecule has 0 radical (unpaired) electrons. The molecule has 5 nitrogen and oxygen atoms in total. The number of carbonyl (C=O) groups is 1. The van der Waals surface area contributed by atoms with E-state index in [0.29, 0.717) is 18.4 Å². The van der Waals surface area contributed by atoms with Crippen LogP contribution in [0.15, 0.2) is 103 Å². The Morgan fingerprint density at radius 2 is 1.29 bits per heavy atom. The van der Waals surface area contributed by atoms with Gasteiger partial charge >= 0.3 is 13.8 Å². The highest BCUT2D eigenvalue weighted by Gasteiger charge is 2.58. The maximum absolute atomic E-state index is 12.6. The Hall–Kier alpha value is -3.14. The van der Waals surface area contributed by atoms with E-state index in [0.717, 1.165) is 16.9 Å². The standard InChI is InChI=1S/C25H26N2O3P/c1-21(19-25(28)30-20-22-11-5-2-6-12-22)31(29)26(23-13-7-3-8-14-23)17-18-27(31)24-15-9-4-10-16-24/h2-16,29H,1,17-20H2/q+1. The third-order valence-corrected chi connectivity index (χ3v) is 8.54. The highest BCUT2D eigenvalue weighted by atomic mass is 31.2. The second-order valence-corrected chi connectivity index (χ2v) is 10.1. The molecule has 0 saturated carbocycles. The summed E-state index contributed by atoms with van der Waals surface area (Å²) in [5.41, 5.74) is 2.75. The molecular formula is C25H26N2O3P+. The number of ether oxygens (including phenoxy) is 1. The van der Waals surface area contributed by atoms with Gasteiger partial charge in [-0.3, -0.25) is 4.79 Å². The lowest BCUT2D eigenvalue weighted by atomic mass is 10.2. The zero-order chi connectivity index (χ0) is 21.7. The highest BCUT2D eigenvalue weighted by Crippen LogP contribution is 2.72. The molecule has 1 aliphatic rings. The Labute approximate surface area is 183 Å². The average Bonchev–Trinajstić information content (AvgIpc) is 3.18. The van der Waals surface area contributed by atoms with E-state index in [2.05, 4.69) is 6.58 Å². The van der Waals surface area contributed by atoms with Gasteiger partial charge in [-0.05, 0) is 29.8 Å². The summed E-state index contributed by atoms with van der Waals surface area (Å²) < 4.78 is 9.44. The normalized spacial score (nSPS) is 15.0. The topological polar surface area (TPSA) is 53.0 Å². The van der Waals surface area contributed by atoms with Crippen LogP contribution in [0.2, 0.25) is 0 Å². The van der Waals surface area contributed by atoms with Gasteiger partial charge in [0, 0.05) is 0 Å². The van der Waals surface area contributed by atoms with Crippen molar-refractivity contribution in [1.82, 2.24) is 0 Å². The Bertz CT molecular complexity index is 981. The van der Waals surface area contributed by atoms with Crippen molar-refractivity contribution < 1.29 is 14.4 Å². The summed E-state index contributed by atoms with van der Waals surface area (Å²) in [5.74, 6) is -0.393. The molecule has 3 aromatic rings. The van der Waals surface area contributed by atoms with E-state index in [4.69, 9.17) is 4.74 Å². The third-order valence-electron chi connectivity index (χ3n) is 5.32. The van der Waals surface area contributed by atoms with Crippen LogP contribution < -0.4 is 9.34 Å². The van der Waals surface area contributed by atoms with Crippen LogP contribution >= 0.6 is 7.79 Å². The average molecular weight is 433 g/mol. The van der Waals surface area contributed by atoms with Crippen LogP contribution in [0, 0.1) is 0 Å². The molecule has 158 valence electrons. The number of rotatable bonds is 7. The monoisotopic (exact) mass is 433 g/mol. The van der Waals surface area contributed by atoms with Gasteiger partial charge in [-0.15, -0.1) is 0 Å². The molecule has 1 heterocycles. The first kappa shape index (κ1) is 21.1. The van der Waals surface area contributed by atoms with Crippen molar-refractivity contribution in [2.75, 3.05) is 22.4 Å². The zero-order valence-electron chi connectivity index (χ0n) is 17.3. The minimum Gasteiger partial charge on any atom is -0.460 e. The summed E-state index contributed by atoms with van der Waals surface area (Å²) in [6.07, 6.45) is -0.0379. The van der Waals surface area contributed by atoms with Crippen molar-refractivity contribution in [3.8, 4) is 0 Å². The maximum Gasteiger partial charge on any atom is 0.362 e. The molecule has 31 heavy (non-hydrogen) atoms. The fraction of sp³-hybridized carbons (Fsp3) is 0.160. The Kier molecular flexibility index (Phi) is 6.36. The Morgan fingerprint density at radius 3 is 1.77 bits per heavy atom. The molecule has 1 N–H and O–H groups in total. The largest absolute Gasteiger partial charge is 0.460 e. The molecule has 0 aliphatic carbocycles. The fourth-order valence-electron chi connectivity index (χ4n) is 3.78. The smallest absolute Gasteiger partial charge is 0.362 e. The lowest BCUT2D eigenvalue weighted by molar-refractivity contribution is -0.144. The van der Waals surface area contributed by atoms with Crippen LogP contribution in [-0.2, 0) is 16.1 Å². The number of carbonyl (C=O) groups excluding carboxylic acids is 1. The van der Waals surface area contributed by atoms with Gasteiger partial charge in [0.2, 0.25) is 0 Å². The van der Waals surface area contributed by atoms with E-state index in [-0.39, 0.29) is 13.0 Å². The number of hydrogen-bond donors (Lipinski definition) is 1. The molecule has 1 aliphatic heterocycles. The van der Waals surface area contributed by atoms with Gasteiger partial charge in [0.1, 0.15) is 18.3 Å². The number of esters is 1. The van der Waals surface area contributed by atoms with Crippen LogP contribution in [0.1, 0.15) is 12.0 Å². The van der Waals surface area contributed by atoms with Gasteiger partial charge in [-0.25, -0.2) is 0 Å². The molecule has 3 aromatic carbocycles. The Morgan fingerprint density at radius 1 is 0.839 bits per heavy atom. The quantitative estimate of drug-likeness (QED) is 0.399. The van der Waals surface area contributed by atoms with E-state index in [1.54, 1.807) is 0 Å². The van der Waals surface area contributed by atoms with Crippen LogP contribution in [0.25, 0.3) is 0 Å². The van der Waals surface area contributed by atoms with Crippen molar-refractivity contribution >= 4 is 25.1 Å². The second kappa shape index (κ2) is 9.34. The van der Waals surface area contributed by atoms with E-state index in [1.807, 2.05) is 100 Å². The molecule has 0 atom stereocenters. The first-order chi connectivity index (χ1) is 15.1. The molecule has 6 heteroatoms. The van der Waals surface area contributed by atoms with Crippen molar-refractivity contribution in [1.29, 1.82) is 0 Å². The molecule has 0 spiro atoms. The number of para-hydroxylation sites is 2. The Balaban J connectivity index is 1.56. The van der Waals surface area contributed by atoms with Crippen molar-refractivity contribution in [2.45, 2.75) is 13.0 Å². The number of benzene rings is 3. The summed E-state index contributed by atoms with van der Waals surface area (Å²) in [7, 11) is -3.05.